The SMILES string of the molecule is CCCNCc1csc(S(=O)(=O)NCC2CCCCO2)c1. The predicted molar refractivity (Wildman–Crippen MR) is 85.1 cm³/mol. The number of rotatable bonds is 8. The Morgan fingerprint density at radius 2 is 2.29 bits per heavy atom. The van der Waals surface area contributed by atoms with E-state index in [2.05, 4.69) is 17.0 Å². The molecule has 21 heavy (non-hydrogen) atoms. The van der Waals surface area contributed by atoms with Gasteiger partial charge in [0.1, 0.15) is 4.21 Å². The summed E-state index contributed by atoms with van der Waals surface area (Å²) in [5.41, 5.74) is 1.02. The van der Waals surface area contributed by atoms with Crippen LogP contribution in [0, 0.1) is 0 Å². The molecule has 0 aliphatic carbocycles. The molecule has 1 aliphatic rings. The van der Waals surface area contributed by atoms with E-state index < -0.39 is 10.0 Å². The zero-order chi connectivity index (χ0) is 15.1. The number of hydrogen-bond acceptors (Lipinski definition) is 5. The average molecular weight is 332 g/mol. The minimum atomic E-state index is -3.41. The fourth-order valence-electron chi connectivity index (χ4n) is 2.24. The summed E-state index contributed by atoms with van der Waals surface area (Å²) in [6.07, 6.45) is 4.19. The largest absolute Gasteiger partial charge is 0.377 e. The summed E-state index contributed by atoms with van der Waals surface area (Å²) in [6.45, 7) is 4.86. The third-order valence-electron chi connectivity index (χ3n) is 3.43. The normalized spacial score (nSPS) is 19.8. The van der Waals surface area contributed by atoms with E-state index in [-0.39, 0.29) is 6.10 Å². The Morgan fingerprint density at radius 3 is 3.00 bits per heavy atom. The van der Waals surface area contributed by atoms with Gasteiger partial charge in [-0.3, -0.25) is 0 Å². The van der Waals surface area contributed by atoms with Crippen molar-refractivity contribution < 1.29 is 13.2 Å². The first-order valence-corrected chi connectivity index (χ1v) is 9.87. The van der Waals surface area contributed by atoms with Crippen molar-refractivity contribution in [2.75, 3.05) is 19.7 Å². The van der Waals surface area contributed by atoms with Crippen LogP contribution in [0.3, 0.4) is 0 Å². The molecule has 0 amide bonds. The van der Waals surface area contributed by atoms with Gasteiger partial charge in [-0.2, -0.15) is 0 Å². The summed E-state index contributed by atoms with van der Waals surface area (Å²) in [6, 6.07) is 1.75. The lowest BCUT2D eigenvalue weighted by atomic mass is 10.1. The summed E-state index contributed by atoms with van der Waals surface area (Å²) in [5.74, 6) is 0. The Labute approximate surface area is 131 Å². The molecule has 1 aliphatic heterocycles. The Hall–Kier alpha value is -0.470. The van der Waals surface area contributed by atoms with Gasteiger partial charge in [0.05, 0.1) is 6.10 Å². The maximum absolute atomic E-state index is 12.2. The Balaban J connectivity index is 1.86. The monoisotopic (exact) mass is 332 g/mol. The molecule has 1 aromatic heterocycles. The summed E-state index contributed by atoms with van der Waals surface area (Å²) in [7, 11) is -3.41. The quantitative estimate of drug-likeness (QED) is 0.716. The first kappa shape index (κ1) is 16.9. The highest BCUT2D eigenvalue weighted by Gasteiger charge is 2.20. The summed E-state index contributed by atoms with van der Waals surface area (Å²) < 4.78 is 33.1. The van der Waals surface area contributed by atoms with Gasteiger partial charge in [0.25, 0.3) is 0 Å². The minimum absolute atomic E-state index is 0.0131. The minimum Gasteiger partial charge on any atom is -0.377 e. The molecule has 1 saturated heterocycles. The van der Waals surface area contributed by atoms with E-state index in [4.69, 9.17) is 4.74 Å². The molecule has 1 fully saturated rings. The van der Waals surface area contributed by atoms with Crippen LogP contribution in [0.2, 0.25) is 0 Å². The molecule has 0 bridgehead atoms. The van der Waals surface area contributed by atoms with Crippen molar-refractivity contribution in [3.8, 4) is 0 Å². The third kappa shape index (κ3) is 5.34. The van der Waals surface area contributed by atoms with Gasteiger partial charge >= 0.3 is 0 Å². The van der Waals surface area contributed by atoms with Gasteiger partial charge in [-0.15, -0.1) is 11.3 Å². The molecule has 5 nitrogen and oxygen atoms in total. The summed E-state index contributed by atoms with van der Waals surface area (Å²) in [5, 5.41) is 5.17. The molecule has 1 aromatic rings. The van der Waals surface area contributed by atoms with Crippen LogP contribution in [-0.4, -0.2) is 34.2 Å². The van der Waals surface area contributed by atoms with Crippen LogP contribution in [0.5, 0.6) is 0 Å². The highest BCUT2D eigenvalue weighted by atomic mass is 32.2. The van der Waals surface area contributed by atoms with E-state index in [0.29, 0.717) is 17.3 Å². The van der Waals surface area contributed by atoms with Gasteiger partial charge in [0, 0.05) is 19.7 Å². The number of ether oxygens (including phenoxy) is 1. The first-order chi connectivity index (χ1) is 10.1. The zero-order valence-corrected chi connectivity index (χ0v) is 14.1. The van der Waals surface area contributed by atoms with Crippen LogP contribution in [-0.2, 0) is 21.3 Å². The Morgan fingerprint density at radius 1 is 1.43 bits per heavy atom. The van der Waals surface area contributed by atoms with Crippen LogP contribution in [0.25, 0.3) is 0 Å². The maximum Gasteiger partial charge on any atom is 0.250 e. The second kappa shape index (κ2) is 8.24. The summed E-state index contributed by atoms with van der Waals surface area (Å²) in [4.78, 5) is 0. The second-order valence-electron chi connectivity index (χ2n) is 5.29. The average Bonchev–Trinajstić information content (AvgIpc) is 2.96. The smallest absolute Gasteiger partial charge is 0.250 e. The van der Waals surface area contributed by atoms with Crippen molar-refractivity contribution in [2.45, 2.75) is 49.5 Å². The Bertz CT molecular complexity index is 522. The standard InChI is InChI=1S/C14H24N2O3S2/c1-2-6-15-9-12-8-14(20-11-12)21(17,18)16-10-13-5-3-4-7-19-13/h8,11,13,15-16H,2-7,9-10H2,1H3. The molecule has 120 valence electrons. The molecule has 0 aromatic carbocycles. The van der Waals surface area contributed by atoms with Crippen LogP contribution in [0.4, 0.5) is 0 Å². The van der Waals surface area contributed by atoms with Gasteiger partial charge in [0.15, 0.2) is 0 Å². The lowest BCUT2D eigenvalue weighted by Gasteiger charge is -2.22. The molecule has 0 saturated carbocycles. The third-order valence-corrected chi connectivity index (χ3v) is 6.34. The van der Waals surface area contributed by atoms with Gasteiger partial charge in [0.2, 0.25) is 10.0 Å². The van der Waals surface area contributed by atoms with Crippen molar-refractivity contribution in [1.82, 2.24) is 10.0 Å². The van der Waals surface area contributed by atoms with Crippen molar-refractivity contribution in [2.24, 2.45) is 0 Å². The summed E-state index contributed by atoms with van der Waals surface area (Å²) >= 11 is 1.27. The zero-order valence-electron chi connectivity index (χ0n) is 12.4. The van der Waals surface area contributed by atoms with E-state index >= 15 is 0 Å². The van der Waals surface area contributed by atoms with Crippen LogP contribution in [0.15, 0.2) is 15.7 Å². The topological polar surface area (TPSA) is 67.4 Å². The predicted octanol–water partition coefficient (Wildman–Crippen LogP) is 2.10. The second-order valence-corrected chi connectivity index (χ2v) is 8.20. The van der Waals surface area contributed by atoms with Gasteiger partial charge in [-0.25, -0.2) is 13.1 Å². The van der Waals surface area contributed by atoms with Gasteiger partial charge < -0.3 is 10.1 Å². The highest BCUT2D eigenvalue weighted by Crippen LogP contribution is 2.20. The van der Waals surface area contributed by atoms with Gasteiger partial charge in [-0.1, -0.05) is 6.92 Å². The molecule has 2 rings (SSSR count). The molecule has 2 N–H and O–H groups in total. The fourth-order valence-corrected chi connectivity index (χ4v) is 4.56. The van der Waals surface area contributed by atoms with Crippen molar-refractivity contribution in [1.29, 1.82) is 0 Å². The molecular formula is C14H24N2O3S2. The lowest BCUT2D eigenvalue weighted by Crippen LogP contribution is -2.35. The van der Waals surface area contributed by atoms with E-state index in [9.17, 15) is 8.42 Å². The first-order valence-electron chi connectivity index (χ1n) is 7.51. The highest BCUT2D eigenvalue weighted by molar-refractivity contribution is 7.91. The van der Waals surface area contributed by atoms with Crippen molar-refractivity contribution in [3.05, 3.63) is 17.0 Å². The van der Waals surface area contributed by atoms with Crippen molar-refractivity contribution in [3.63, 3.8) is 0 Å². The molecule has 2 heterocycles. The maximum atomic E-state index is 12.2. The molecule has 7 heteroatoms. The molecule has 0 spiro atoms. The molecule has 0 radical (unpaired) electrons. The molecular weight excluding hydrogens is 308 g/mol. The lowest BCUT2D eigenvalue weighted by molar-refractivity contribution is 0.0200. The van der Waals surface area contributed by atoms with E-state index in [1.807, 2.05) is 5.38 Å². The Kier molecular flexibility index (Phi) is 6.63. The molecule has 1 atom stereocenters. The van der Waals surface area contributed by atoms with E-state index in [1.165, 1.54) is 11.3 Å². The number of sulfonamides is 1. The fraction of sp³-hybridized carbons (Fsp3) is 0.714. The van der Waals surface area contributed by atoms with Crippen LogP contribution < -0.4 is 10.0 Å². The van der Waals surface area contributed by atoms with E-state index in [1.54, 1.807) is 6.07 Å². The number of thiophene rings is 1. The van der Waals surface area contributed by atoms with E-state index in [0.717, 1.165) is 44.4 Å². The van der Waals surface area contributed by atoms with Crippen LogP contribution >= 0.6 is 11.3 Å². The number of hydrogen-bond donors (Lipinski definition) is 2. The molecule has 1 unspecified atom stereocenters. The van der Waals surface area contributed by atoms with Crippen LogP contribution in [0.1, 0.15) is 38.2 Å². The van der Waals surface area contributed by atoms with Gasteiger partial charge in [-0.05, 0) is 49.2 Å². The number of nitrogens with one attached hydrogen (secondary N) is 2. The van der Waals surface area contributed by atoms with Crippen molar-refractivity contribution >= 4 is 21.4 Å².